The molecule has 11 heteroatoms. The van der Waals surface area contributed by atoms with Crippen molar-refractivity contribution in [3.63, 3.8) is 0 Å². The van der Waals surface area contributed by atoms with Crippen LogP contribution in [0.15, 0.2) is 0 Å². The molecule has 0 saturated carbocycles. The Hall–Kier alpha value is 2.46. The monoisotopic (exact) mass is 826 g/mol. The predicted octanol–water partition coefficient (Wildman–Crippen LogP) is 12.5. The summed E-state index contributed by atoms with van der Waals surface area (Å²) in [5, 5.41) is 0. The van der Waals surface area contributed by atoms with Gasteiger partial charge in [0.15, 0.2) is 0 Å². The Morgan fingerprint density at radius 2 is 0.660 bits per heavy atom. The molecule has 0 fully saturated rings. The van der Waals surface area contributed by atoms with Crippen molar-refractivity contribution < 1.29 is 38.3 Å². The van der Waals surface area contributed by atoms with Gasteiger partial charge in [-0.15, -0.1) is 22.8 Å². The topological polar surface area (TPSA) is 64.6 Å². The first-order chi connectivity index (χ1) is 20.2. The van der Waals surface area contributed by atoms with Crippen LogP contribution in [-0.4, -0.2) is 20.7 Å². The summed E-state index contributed by atoms with van der Waals surface area (Å²) in [6.45, 7) is 43.0. The van der Waals surface area contributed by atoms with Crippen molar-refractivity contribution in [2.45, 2.75) is 185 Å². The van der Waals surface area contributed by atoms with Crippen molar-refractivity contribution >= 4 is 57.8 Å². The standard InChI is InChI=1S/2C18H39O2PS2.Zn/c2*1-13(2)11-15(5)17(7,8)20-21(19,22)23-18(9,10)16(6)12-14(3)4;/h2*13-16H,11-12H2,1-10H3,(H,19,22);/q;;+2/p-2. The Morgan fingerprint density at radius 1 is 0.468 bits per heavy atom. The van der Waals surface area contributed by atoms with Crippen LogP contribution in [0.1, 0.15) is 164 Å². The van der Waals surface area contributed by atoms with Crippen molar-refractivity contribution in [3.05, 3.63) is 0 Å². The van der Waals surface area contributed by atoms with Gasteiger partial charge in [0.1, 0.15) is 0 Å². The summed E-state index contributed by atoms with van der Waals surface area (Å²) in [5.41, 5.74) is -7.19. The minimum Gasteiger partial charge on any atom is -0.793 e. The smallest absolute Gasteiger partial charge is 0.793 e. The van der Waals surface area contributed by atoms with Crippen LogP contribution in [0.2, 0.25) is 0 Å². The largest absolute Gasteiger partial charge is 2.00 e. The van der Waals surface area contributed by atoms with E-state index < -0.39 is 22.6 Å². The molecule has 0 aromatic rings. The molecule has 47 heavy (non-hydrogen) atoms. The van der Waals surface area contributed by atoms with E-state index in [9.17, 15) is 9.79 Å². The molecule has 280 valence electrons. The third-order valence-corrected chi connectivity index (χ3v) is 19.4. The molecule has 0 amide bonds. The van der Waals surface area contributed by atoms with Crippen molar-refractivity contribution in [2.24, 2.45) is 47.3 Å². The summed E-state index contributed by atoms with van der Waals surface area (Å²) in [5.74, 6) is 3.92. The van der Waals surface area contributed by atoms with Crippen molar-refractivity contribution in [2.75, 3.05) is 0 Å². The van der Waals surface area contributed by atoms with Crippen LogP contribution in [0.25, 0.3) is 0 Å². The van der Waals surface area contributed by atoms with Crippen LogP contribution in [0.5, 0.6) is 0 Å². The van der Waals surface area contributed by atoms with E-state index in [4.69, 9.17) is 32.7 Å². The first kappa shape index (κ1) is 53.8. The van der Waals surface area contributed by atoms with E-state index >= 15 is 0 Å². The van der Waals surface area contributed by atoms with Crippen LogP contribution in [0.3, 0.4) is 0 Å². The van der Waals surface area contributed by atoms with Crippen molar-refractivity contribution in [3.8, 4) is 0 Å². The molecule has 0 aliphatic heterocycles. The zero-order chi connectivity index (χ0) is 37.3. The summed E-state index contributed by atoms with van der Waals surface area (Å²) >= 11 is 13.5. The third kappa shape index (κ3) is 23.7. The van der Waals surface area contributed by atoms with E-state index in [1.165, 1.54) is 22.8 Å². The molecule has 0 rings (SSSR count). The average Bonchev–Trinajstić information content (AvgIpc) is 2.74. The molecule has 4 nitrogen and oxygen atoms in total. The quantitative estimate of drug-likeness (QED) is 0.0888. The number of hydrogen-bond acceptors (Lipinski definition) is 8. The van der Waals surface area contributed by atoms with E-state index in [-0.39, 0.29) is 29.0 Å². The molecule has 0 N–H and O–H groups in total. The molecule has 0 saturated heterocycles. The molecular formula is C36H76O4P2S4Zn. The minimum absolute atomic E-state index is 0. The van der Waals surface area contributed by atoms with Gasteiger partial charge in [-0.05, 0) is 101 Å². The summed E-state index contributed by atoms with van der Waals surface area (Å²) in [4.78, 5) is 26.0. The molecule has 0 aliphatic carbocycles. The third-order valence-electron chi connectivity index (χ3n) is 9.44. The maximum Gasteiger partial charge on any atom is 2.00 e. The number of rotatable bonds is 20. The van der Waals surface area contributed by atoms with Gasteiger partial charge in [-0.2, -0.15) is 0 Å². The maximum absolute atomic E-state index is 13.0. The van der Waals surface area contributed by atoms with Gasteiger partial charge in [-0.3, -0.25) is 0 Å². The zero-order valence-electron chi connectivity index (χ0n) is 34.3. The normalized spacial score (nSPS) is 18.6. The van der Waals surface area contributed by atoms with E-state index in [1.807, 2.05) is 27.7 Å². The van der Waals surface area contributed by atoms with Gasteiger partial charge in [0.2, 0.25) is 0 Å². The maximum atomic E-state index is 13.0. The van der Waals surface area contributed by atoms with Crippen LogP contribution >= 0.6 is 34.2 Å². The molecule has 0 aliphatic rings. The summed E-state index contributed by atoms with van der Waals surface area (Å²) in [6, 6.07) is 0. The Morgan fingerprint density at radius 3 is 0.851 bits per heavy atom. The van der Waals surface area contributed by atoms with Crippen LogP contribution in [0, 0.1) is 47.3 Å². The van der Waals surface area contributed by atoms with Gasteiger partial charge >= 0.3 is 19.5 Å². The van der Waals surface area contributed by atoms with Crippen molar-refractivity contribution in [1.29, 1.82) is 0 Å². The Balaban J connectivity index is -0.000000807. The summed E-state index contributed by atoms with van der Waals surface area (Å²) in [6.07, 6.45) is 4.28. The fourth-order valence-electron chi connectivity index (χ4n) is 5.51. The molecule has 6 atom stereocenters. The van der Waals surface area contributed by atoms with Gasteiger partial charge in [-0.25, -0.2) is 0 Å². The molecule has 0 bridgehead atoms. The van der Waals surface area contributed by atoms with E-state index in [1.54, 1.807) is 0 Å². The summed E-state index contributed by atoms with van der Waals surface area (Å²) in [7, 11) is 0. The Bertz CT molecular complexity index is 827. The molecule has 0 aromatic carbocycles. The van der Waals surface area contributed by atoms with Gasteiger partial charge in [-0.1, -0.05) is 134 Å². The van der Waals surface area contributed by atoms with Gasteiger partial charge in [0.25, 0.3) is 0 Å². The molecule has 0 spiro atoms. The molecular weight excluding hydrogens is 752 g/mol. The minimum atomic E-state index is -3.13. The van der Waals surface area contributed by atoms with Crippen molar-refractivity contribution in [1.82, 2.24) is 0 Å². The molecule has 0 heterocycles. The zero-order valence-corrected chi connectivity index (χ0v) is 42.3. The van der Waals surface area contributed by atoms with E-state index in [0.717, 1.165) is 25.7 Å². The van der Waals surface area contributed by atoms with Gasteiger partial charge < -0.3 is 18.8 Å². The second-order valence-corrected chi connectivity index (χ2v) is 30.7. The second-order valence-electron chi connectivity index (χ2n) is 17.8. The second kappa shape index (κ2) is 22.0. The summed E-state index contributed by atoms with van der Waals surface area (Å²) < 4.78 is 11.7. The van der Waals surface area contributed by atoms with Gasteiger partial charge in [0.05, 0.1) is 11.2 Å². The van der Waals surface area contributed by atoms with Crippen LogP contribution in [0.4, 0.5) is 0 Å². The predicted molar refractivity (Wildman–Crippen MR) is 217 cm³/mol. The Labute approximate surface area is 326 Å². The van der Waals surface area contributed by atoms with E-state index in [2.05, 4.69) is 111 Å². The fraction of sp³-hybridized carbons (Fsp3) is 1.00. The first-order valence-electron chi connectivity index (χ1n) is 17.6. The van der Waals surface area contributed by atoms with Crippen LogP contribution < -0.4 is 9.79 Å². The van der Waals surface area contributed by atoms with Crippen LogP contribution in [-0.2, 0) is 52.1 Å². The first-order valence-corrected chi connectivity index (χ1v) is 25.7. The molecule has 6 unspecified atom stereocenters. The SMILES string of the molecule is CC(C)CC(C)C(C)(C)OP([O-])(=S)SC(C)(C)C(C)CC(C)C.CC(C)CC(C)C(C)(C)OP([O-])(=S)SC(C)(C)C(C)CC(C)C.[Zn+2]. The number of hydrogen-bond donors (Lipinski definition) is 0. The van der Waals surface area contributed by atoms with E-state index in [0.29, 0.717) is 47.3 Å². The Kier molecular flexibility index (Phi) is 25.2. The van der Waals surface area contributed by atoms with Gasteiger partial charge in [0, 0.05) is 20.9 Å². The molecule has 0 aromatic heterocycles. The fourth-order valence-corrected chi connectivity index (χ4v) is 19.3. The molecule has 0 radical (unpaired) electrons. The average molecular weight is 829 g/mol.